The van der Waals surface area contributed by atoms with Crippen LogP contribution in [0.25, 0.3) is 0 Å². The largest absolute Gasteiger partial charge is 0.149 e. The summed E-state index contributed by atoms with van der Waals surface area (Å²) >= 11 is 7.28. The monoisotopic (exact) mass is 484 g/mol. The fourth-order valence-electron chi connectivity index (χ4n) is 0.743. The van der Waals surface area contributed by atoms with E-state index in [9.17, 15) is 0 Å². The Hall–Kier alpha value is 1.41. The number of hydrogen-bond donors (Lipinski definition) is 0. The highest BCUT2D eigenvalue weighted by Crippen LogP contribution is 2.45. The molecule has 0 spiro atoms. The molecule has 0 saturated carbocycles. The first kappa shape index (κ1) is 10.5. The SMILES string of the molecule is Cc1ccc(C(I)(I)I)cc1. The number of hydrogen-bond acceptors (Lipinski definition) is 0. The summed E-state index contributed by atoms with van der Waals surface area (Å²) in [6.45, 7) is 2.11. The predicted molar refractivity (Wildman–Crippen MR) is 74.9 cm³/mol. The van der Waals surface area contributed by atoms with Crippen LogP contribution in [0, 0.1) is 6.92 Å². The minimum absolute atomic E-state index is 0.195. The Bertz CT molecular complexity index is 233. The number of benzene rings is 1. The molecule has 60 valence electrons. The Morgan fingerprint density at radius 2 is 1.45 bits per heavy atom. The fourth-order valence-corrected chi connectivity index (χ4v) is 1.82. The summed E-state index contributed by atoms with van der Waals surface area (Å²) in [5.41, 5.74) is 2.69. The molecule has 0 N–H and O–H groups in total. The Kier molecular flexibility index (Phi) is 3.89. The average Bonchev–Trinajstić information content (AvgIpc) is 1.86. The van der Waals surface area contributed by atoms with Gasteiger partial charge in [-0.05, 0) is 80.3 Å². The van der Waals surface area contributed by atoms with Crippen LogP contribution in [0.5, 0.6) is 0 Å². The number of alkyl halides is 3. The predicted octanol–water partition coefficient (Wildman–Crippen LogP) is 4.41. The zero-order valence-electron chi connectivity index (χ0n) is 5.94. The van der Waals surface area contributed by atoms with Gasteiger partial charge in [-0.15, -0.1) is 0 Å². The van der Waals surface area contributed by atoms with Crippen molar-refractivity contribution < 1.29 is 0 Å². The second-order valence-electron chi connectivity index (χ2n) is 2.36. The molecule has 0 saturated heterocycles. The zero-order chi connectivity index (χ0) is 8.48. The molecule has 1 rings (SSSR count). The molecule has 0 aromatic heterocycles. The molecule has 0 unspecified atom stereocenters. The van der Waals surface area contributed by atoms with Crippen molar-refractivity contribution >= 4 is 67.8 Å². The molecule has 11 heavy (non-hydrogen) atoms. The van der Waals surface area contributed by atoms with Gasteiger partial charge in [-0.25, -0.2) is 0 Å². The minimum Gasteiger partial charge on any atom is -0.0589 e. The van der Waals surface area contributed by atoms with Crippen molar-refractivity contribution in [3.63, 3.8) is 0 Å². The van der Waals surface area contributed by atoms with Gasteiger partial charge >= 0.3 is 0 Å². The Labute approximate surface area is 108 Å². The zero-order valence-corrected chi connectivity index (χ0v) is 12.4. The van der Waals surface area contributed by atoms with Crippen LogP contribution in [0.15, 0.2) is 24.3 Å². The van der Waals surface area contributed by atoms with Crippen molar-refractivity contribution in [1.29, 1.82) is 0 Å². The van der Waals surface area contributed by atoms with Gasteiger partial charge in [0.25, 0.3) is 0 Å². The van der Waals surface area contributed by atoms with Crippen LogP contribution in [-0.2, 0) is -0.565 Å². The fraction of sp³-hybridized carbons (Fsp3) is 0.250. The summed E-state index contributed by atoms with van der Waals surface area (Å²) < 4.78 is 0.195. The maximum absolute atomic E-state index is 2.43. The lowest BCUT2D eigenvalue weighted by Crippen LogP contribution is -1.95. The third-order valence-electron chi connectivity index (χ3n) is 1.38. The van der Waals surface area contributed by atoms with Gasteiger partial charge in [0.1, 0.15) is -0.565 Å². The molecule has 3 heteroatoms. The van der Waals surface area contributed by atoms with Crippen molar-refractivity contribution in [2.45, 2.75) is 6.36 Å². The minimum atomic E-state index is 0.195. The van der Waals surface area contributed by atoms with E-state index in [2.05, 4.69) is 99.0 Å². The quantitative estimate of drug-likeness (QED) is 0.410. The third-order valence-corrected chi connectivity index (χ3v) is 3.25. The molecule has 0 amide bonds. The van der Waals surface area contributed by atoms with Gasteiger partial charge in [-0.1, -0.05) is 29.8 Å². The van der Waals surface area contributed by atoms with E-state index >= 15 is 0 Å². The van der Waals surface area contributed by atoms with Crippen LogP contribution >= 0.6 is 67.8 Å². The van der Waals surface area contributed by atoms with E-state index in [-0.39, 0.29) is -0.565 Å². The Balaban J connectivity index is 2.99. The van der Waals surface area contributed by atoms with Crippen LogP contribution in [-0.4, -0.2) is 0 Å². The van der Waals surface area contributed by atoms with Crippen molar-refractivity contribution in [3.05, 3.63) is 35.4 Å². The first-order chi connectivity index (χ1) is 5.00. The second-order valence-corrected chi connectivity index (χ2v) is 13.4. The molecule has 0 fully saturated rings. The molecule has 0 bridgehead atoms. The van der Waals surface area contributed by atoms with Crippen LogP contribution in [0.1, 0.15) is 11.1 Å². The number of halogens is 3. The third kappa shape index (κ3) is 3.33. The Morgan fingerprint density at radius 3 is 1.82 bits per heavy atom. The maximum Gasteiger partial charge on any atom is 0.149 e. The Morgan fingerprint density at radius 1 is 1.00 bits per heavy atom. The lowest BCUT2D eigenvalue weighted by molar-refractivity contribution is 1.38. The molecule has 0 heterocycles. The molecular formula is C8H7I3. The standard InChI is InChI=1S/C8H7I3/c1-6-2-4-7(5-3-6)8(9,10)11/h2-5H,1H3. The lowest BCUT2D eigenvalue weighted by Gasteiger charge is -2.12. The molecule has 0 aliphatic rings. The molecule has 0 nitrogen and oxygen atoms in total. The van der Waals surface area contributed by atoms with E-state index in [1.807, 2.05) is 0 Å². The summed E-state index contributed by atoms with van der Waals surface area (Å²) in [7, 11) is 0. The smallest absolute Gasteiger partial charge is 0.0589 e. The summed E-state index contributed by atoms with van der Waals surface area (Å²) in [6, 6.07) is 8.67. The molecule has 1 aromatic carbocycles. The summed E-state index contributed by atoms with van der Waals surface area (Å²) in [6.07, 6.45) is 0. The van der Waals surface area contributed by atoms with E-state index in [1.54, 1.807) is 0 Å². The number of aryl methyl sites for hydroxylation is 1. The van der Waals surface area contributed by atoms with E-state index < -0.39 is 0 Å². The number of rotatable bonds is 1. The maximum atomic E-state index is 2.43. The highest BCUT2D eigenvalue weighted by molar-refractivity contribution is 14.3. The molecule has 0 atom stereocenters. The highest BCUT2D eigenvalue weighted by atomic mass is 127. The first-order valence-corrected chi connectivity index (χ1v) is 6.37. The van der Waals surface area contributed by atoms with E-state index in [0.29, 0.717) is 0 Å². The van der Waals surface area contributed by atoms with Gasteiger partial charge in [-0.2, -0.15) is 0 Å². The molecule has 0 aliphatic heterocycles. The van der Waals surface area contributed by atoms with E-state index in [0.717, 1.165) is 0 Å². The van der Waals surface area contributed by atoms with Gasteiger partial charge in [0, 0.05) is 0 Å². The topological polar surface area (TPSA) is 0 Å². The van der Waals surface area contributed by atoms with Crippen LogP contribution < -0.4 is 0 Å². The van der Waals surface area contributed by atoms with Gasteiger partial charge in [0.05, 0.1) is 0 Å². The summed E-state index contributed by atoms with van der Waals surface area (Å²) in [5, 5.41) is 0. The normalized spacial score (nSPS) is 11.6. The van der Waals surface area contributed by atoms with Crippen molar-refractivity contribution in [2.24, 2.45) is 0 Å². The molecule has 1 aromatic rings. The molecule has 0 aliphatic carbocycles. The first-order valence-electron chi connectivity index (χ1n) is 3.14. The van der Waals surface area contributed by atoms with Crippen molar-refractivity contribution in [1.82, 2.24) is 0 Å². The van der Waals surface area contributed by atoms with Crippen LogP contribution in [0.2, 0.25) is 0 Å². The van der Waals surface area contributed by atoms with Gasteiger partial charge in [0.15, 0.2) is 0 Å². The summed E-state index contributed by atoms with van der Waals surface area (Å²) in [5.74, 6) is 0. The van der Waals surface area contributed by atoms with Crippen LogP contribution in [0.4, 0.5) is 0 Å². The van der Waals surface area contributed by atoms with Crippen LogP contribution in [0.3, 0.4) is 0 Å². The lowest BCUT2D eigenvalue weighted by atomic mass is 10.2. The van der Waals surface area contributed by atoms with E-state index in [4.69, 9.17) is 0 Å². The highest BCUT2D eigenvalue weighted by Gasteiger charge is 2.19. The van der Waals surface area contributed by atoms with Gasteiger partial charge in [-0.3, -0.25) is 0 Å². The van der Waals surface area contributed by atoms with E-state index in [1.165, 1.54) is 11.1 Å². The van der Waals surface area contributed by atoms with Gasteiger partial charge in [0.2, 0.25) is 0 Å². The molecule has 0 radical (unpaired) electrons. The summed E-state index contributed by atoms with van der Waals surface area (Å²) in [4.78, 5) is 0. The van der Waals surface area contributed by atoms with Crippen molar-refractivity contribution in [2.75, 3.05) is 0 Å². The molecular weight excluding hydrogens is 477 g/mol. The van der Waals surface area contributed by atoms with Gasteiger partial charge < -0.3 is 0 Å². The second kappa shape index (κ2) is 4.08. The average molecular weight is 484 g/mol. The van der Waals surface area contributed by atoms with Crippen molar-refractivity contribution in [3.8, 4) is 0 Å².